The number of hydrogen-bond donors (Lipinski definition) is 3. The fraction of sp³-hybridized carbons (Fsp3) is 0.811. The molecule has 3 atom stereocenters. The molecular formula is C53H97NO5. The standard InChI is InChI=1S/C53H97NO5/c1-4-7-10-13-16-19-21-23-25-26-28-29-31-33-36-39-42-45-51(56)50(48-55)54-52(57)47-49(44-41-38-35-18-15-12-9-6-3)59-53(58)46-43-40-37-34-32-30-27-24-22-20-17-14-11-8-5-2/h8,11-12,14-15,17,20,22,49-51,55-56H,4-7,9-10,13,16,18-19,21,23-48H2,1-3H3,(H,54,57)/b11-8+,15-12-,17-14+,22-20+. The largest absolute Gasteiger partial charge is 0.462 e. The molecule has 0 aromatic rings. The summed E-state index contributed by atoms with van der Waals surface area (Å²) in [6.45, 7) is 6.29. The molecule has 3 N–H and O–H groups in total. The van der Waals surface area contributed by atoms with Gasteiger partial charge >= 0.3 is 5.97 Å². The van der Waals surface area contributed by atoms with Crippen LogP contribution in [0.25, 0.3) is 0 Å². The van der Waals surface area contributed by atoms with E-state index in [4.69, 9.17) is 4.74 Å². The molecule has 0 heterocycles. The summed E-state index contributed by atoms with van der Waals surface area (Å²) < 4.78 is 5.89. The van der Waals surface area contributed by atoms with E-state index >= 15 is 0 Å². The van der Waals surface area contributed by atoms with Gasteiger partial charge in [0.15, 0.2) is 0 Å². The summed E-state index contributed by atoms with van der Waals surface area (Å²) in [6.07, 6.45) is 56.1. The third kappa shape index (κ3) is 42.3. The van der Waals surface area contributed by atoms with Crippen molar-refractivity contribution >= 4 is 11.9 Å². The van der Waals surface area contributed by atoms with Gasteiger partial charge in [0.2, 0.25) is 5.91 Å². The van der Waals surface area contributed by atoms with Crippen molar-refractivity contribution < 1.29 is 24.5 Å². The SMILES string of the molecule is CC/C=C/C=C/C=C/CCCCCCCCCC(=O)OC(CCCCC/C=C\CCC)CC(=O)NC(CO)C(O)CCCCCCCCCCCCCCCCCCC. The van der Waals surface area contributed by atoms with E-state index in [9.17, 15) is 19.8 Å². The van der Waals surface area contributed by atoms with Crippen LogP contribution in [-0.2, 0) is 14.3 Å². The highest BCUT2D eigenvalue weighted by Gasteiger charge is 2.24. The Bertz CT molecular complexity index is 1020. The van der Waals surface area contributed by atoms with Crippen molar-refractivity contribution in [3.05, 3.63) is 48.6 Å². The summed E-state index contributed by atoms with van der Waals surface area (Å²) in [7, 11) is 0. The Morgan fingerprint density at radius 2 is 0.966 bits per heavy atom. The van der Waals surface area contributed by atoms with E-state index in [-0.39, 0.29) is 24.9 Å². The molecule has 6 nitrogen and oxygen atoms in total. The lowest BCUT2D eigenvalue weighted by atomic mass is 10.0. The molecule has 0 rings (SSSR count). The Balaban J connectivity index is 4.39. The van der Waals surface area contributed by atoms with Crippen LogP contribution in [0.15, 0.2) is 48.6 Å². The number of ether oxygens (including phenoxy) is 1. The first-order chi connectivity index (χ1) is 29.0. The fourth-order valence-corrected chi connectivity index (χ4v) is 7.61. The van der Waals surface area contributed by atoms with Crippen molar-refractivity contribution in [2.45, 2.75) is 270 Å². The predicted octanol–water partition coefficient (Wildman–Crippen LogP) is 15.1. The van der Waals surface area contributed by atoms with Crippen molar-refractivity contribution in [2.24, 2.45) is 0 Å². The van der Waals surface area contributed by atoms with Crippen molar-refractivity contribution in [1.82, 2.24) is 5.32 Å². The van der Waals surface area contributed by atoms with E-state index in [0.29, 0.717) is 19.3 Å². The number of aliphatic hydroxyl groups excluding tert-OH is 2. The van der Waals surface area contributed by atoms with E-state index in [2.05, 4.69) is 74.7 Å². The number of carbonyl (C=O) groups excluding carboxylic acids is 2. The average Bonchev–Trinajstić information content (AvgIpc) is 3.23. The Kier molecular flexibility index (Phi) is 45.1. The monoisotopic (exact) mass is 828 g/mol. The first-order valence-electron chi connectivity index (χ1n) is 25.4. The molecule has 0 aromatic carbocycles. The molecule has 0 spiro atoms. The molecular weight excluding hydrogens is 731 g/mol. The molecule has 0 radical (unpaired) electrons. The van der Waals surface area contributed by atoms with Crippen LogP contribution in [0.4, 0.5) is 0 Å². The third-order valence-electron chi connectivity index (χ3n) is 11.4. The lowest BCUT2D eigenvalue weighted by Crippen LogP contribution is -2.46. The number of rotatable bonds is 45. The molecule has 59 heavy (non-hydrogen) atoms. The van der Waals surface area contributed by atoms with Gasteiger partial charge in [0, 0.05) is 6.42 Å². The van der Waals surface area contributed by atoms with Crippen molar-refractivity contribution in [2.75, 3.05) is 6.61 Å². The molecule has 0 aliphatic carbocycles. The van der Waals surface area contributed by atoms with Gasteiger partial charge in [-0.3, -0.25) is 9.59 Å². The van der Waals surface area contributed by atoms with E-state index < -0.39 is 18.2 Å². The molecule has 0 aliphatic heterocycles. The summed E-state index contributed by atoms with van der Waals surface area (Å²) in [6, 6.07) is -0.707. The number of nitrogens with one attached hydrogen (secondary N) is 1. The van der Waals surface area contributed by atoms with Crippen molar-refractivity contribution in [3.8, 4) is 0 Å². The number of amides is 1. The lowest BCUT2D eigenvalue weighted by Gasteiger charge is -2.24. The van der Waals surface area contributed by atoms with Crippen LogP contribution in [-0.4, -0.2) is 46.9 Å². The summed E-state index contributed by atoms with van der Waals surface area (Å²) in [5.74, 6) is -0.504. The van der Waals surface area contributed by atoms with Gasteiger partial charge in [-0.2, -0.15) is 0 Å². The molecule has 0 fully saturated rings. The molecule has 0 aromatic heterocycles. The number of carbonyl (C=O) groups is 2. The minimum Gasteiger partial charge on any atom is -0.462 e. The maximum absolute atomic E-state index is 13.1. The van der Waals surface area contributed by atoms with Gasteiger partial charge in [0.05, 0.1) is 25.2 Å². The van der Waals surface area contributed by atoms with Gasteiger partial charge in [-0.1, -0.05) is 223 Å². The maximum Gasteiger partial charge on any atom is 0.306 e. The van der Waals surface area contributed by atoms with Crippen LogP contribution in [0.1, 0.15) is 252 Å². The average molecular weight is 828 g/mol. The maximum atomic E-state index is 13.1. The number of esters is 1. The Morgan fingerprint density at radius 3 is 1.51 bits per heavy atom. The molecule has 0 bridgehead atoms. The first-order valence-corrected chi connectivity index (χ1v) is 25.4. The van der Waals surface area contributed by atoms with E-state index in [1.165, 1.54) is 116 Å². The highest BCUT2D eigenvalue weighted by atomic mass is 16.5. The second-order valence-corrected chi connectivity index (χ2v) is 17.2. The quantitative estimate of drug-likeness (QED) is 0.0246. The second-order valence-electron chi connectivity index (χ2n) is 17.2. The van der Waals surface area contributed by atoms with Gasteiger partial charge < -0.3 is 20.3 Å². The van der Waals surface area contributed by atoms with Gasteiger partial charge in [0.25, 0.3) is 0 Å². The van der Waals surface area contributed by atoms with Crippen molar-refractivity contribution in [3.63, 3.8) is 0 Å². The fourth-order valence-electron chi connectivity index (χ4n) is 7.61. The van der Waals surface area contributed by atoms with Gasteiger partial charge in [-0.05, 0) is 64.2 Å². The number of unbranched alkanes of at least 4 members (excludes halogenated alkanes) is 27. The van der Waals surface area contributed by atoms with Gasteiger partial charge in [0.1, 0.15) is 6.10 Å². The molecule has 3 unspecified atom stereocenters. The normalized spacial score (nSPS) is 13.6. The van der Waals surface area contributed by atoms with E-state index in [0.717, 1.165) is 89.9 Å². The van der Waals surface area contributed by atoms with Crippen LogP contribution in [0.3, 0.4) is 0 Å². The molecule has 1 amide bonds. The zero-order chi connectivity index (χ0) is 43.1. The summed E-state index contributed by atoms with van der Waals surface area (Å²) in [5, 5.41) is 23.7. The molecule has 0 saturated carbocycles. The van der Waals surface area contributed by atoms with Crippen LogP contribution >= 0.6 is 0 Å². The van der Waals surface area contributed by atoms with Gasteiger partial charge in [-0.25, -0.2) is 0 Å². The molecule has 0 aliphatic rings. The zero-order valence-corrected chi connectivity index (χ0v) is 39.1. The van der Waals surface area contributed by atoms with E-state index in [1.807, 2.05) is 0 Å². The number of allylic oxidation sites excluding steroid dienone is 8. The first kappa shape index (κ1) is 56.8. The van der Waals surface area contributed by atoms with Crippen LogP contribution < -0.4 is 5.32 Å². The number of aliphatic hydroxyl groups is 2. The van der Waals surface area contributed by atoms with E-state index in [1.54, 1.807) is 0 Å². The van der Waals surface area contributed by atoms with Crippen LogP contribution in [0.5, 0.6) is 0 Å². The summed E-state index contributed by atoms with van der Waals surface area (Å²) >= 11 is 0. The minimum absolute atomic E-state index is 0.0614. The Labute approximate surface area is 366 Å². The molecule has 6 heteroatoms. The number of hydrogen-bond acceptors (Lipinski definition) is 5. The summed E-state index contributed by atoms with van der Waals surface area (Å²) in [5.41, 5.74) is 0. The lowest BCUT2D eigenvalue weighted by molar-refractivity contribution is -0.151. The van der Waals surface area contributed by atoms with Crippen LogP contribution in [0, 0.1) is 0 Å². The Hall–Kier alpha value is -2.18. The van der Waals surface area contributed by atoms with Crippen molar-refractivity contribution in [1.29, 1.82) is 0 Å². The zero-order valence-electron chi connectivity index (χ0n) is 39.1. The predicted molar refractivity (Wildman–Crippen MR) is 255 cm³/mol. The smallest absolute Gasteiger partial charge is 0.306 e. The molecule has 0 saturated heterocycles. The second kappa shape index (κ2) is 46.9. The van der Waals surface area contributed by atoms with Gasteiger partial charge in [-0.15, -0.1) is 0 Å². The highest BCUT2D eigenvalue weighted by Crippen LogP contribution is 2.18. The molecule has 344 valence electrons. The minimum atomic E-state index is -0.792. The third-order valence-corrected chi connectivity index (χ3v) is 11.4. The topological polar surface area (TPSA) is 95.9 Å². The Morgan fingerprint density at radius 1 is 0.508 bits per heavy atom. The highest BCUT2D eigenvalue weighted by molar-refractivity contribution is 5.77. The summed E-state index contributed by atoms with van der Waals surface area (Å²) in [4.78, 5) is 26.0. The van der Waals surface area contributed by atoms with Crippen LogP contribution in [0.2, 0.25) is 0 Å².